The van der Waals surface area contributed by atoms with Crippen molar-refractivity contribution in [3.05, 3.63) is 65.3 Å². The average molecular weight is 369 g/mol. The first kappa shape index (κ1) is 18.0. The second kappa shape index (κ2) is 8.06. The lowest BCUT2D eigenvalue weighted by Gasteiger charge is -2.23. The Morgan fingerprint density at radius 1 is 1.15 bits per heavy atom. The zero-order valence-electron chi connectivity index (χ0n) is 15.0. The highest BCUT2D eigenvalue weighted by Crippen LogP contribution is 2.30. The molecule has 0 aliphatic rings. The van der Waals surface area contributed by atoms with Crippen LogP contribution < -0.4 is 15.0 Å². The van der Waals surface area contributed by atoms with Gasteiger partial charge in [0.05, 0.1) is 12.8 Å². The maximum Gasteiger partial charge on any atom is 0.229 e. The predicted octanol–water partition coefficient (Wildman–Crippen LogP) is 5.35. The number of aryl methyl sites for hydroxylation is 1. The van der Waals surface area contributed by atoms with Gasteiger partial charge in [-0.05, 0) is 55.8 Å². The first-order valence-electron chi connectivity index (χ1n) is 8.38. The van der Waals surface area contributed by atoms with Gasteiger partial charge in [0.15, 0.2) is 0 Å². The first-order valence-corrected chi connectivity index (χ1v) is 8.76. The van der Waals surface area contributed by atoms with E-state index in [1.165, 1.54) is 5.56 Å². The zero-order valence-corrected chi connectivity index (χ0v) is 15.8. The number of hydrogen-bond donors (Lipinski definition) is 1. The van der Waals surface area contributed by atoms with E-state index in [2.05, 4.69) is 52.2 Å². The summed E-state index contributed by atoms with van der Waals surface area (Å²) >= 11 is 6.09. The third-order valence-electron chi connectivity index (χ3n) is 3.95. The molecule has 0 aliphatic carbocycles. The van der Waals surface area contributed by atoms with Crippen molar-refractivity contribution in [3.8, 4) is 5.75 Å². The van der Waals surface area contributed by atoms with E-state index in [4.69, 9.17) is 16.3 Å². The van der Waals surface area contributed by atoms with Crippen molar-refractivity contribution < 1.29 is 4.74 Å². The van der Waals surface area contributed by atoms with E-state index in [9.17, 15) is 0 Å². The van der Waals surface area contributed by atoms with Crippen molar-refractivity contribution >= 4 is 34.7 Å². The average Bonchev–Trinajstić information content (AvgIpc) is 2.63. The second-order valence-electron chi connectivity index (χ2n) is 5.79. The first-order chi connectivity index (χ1) is 12.6. The van der Waals surface area contributed by atoms with Crippen LogP contribution in [0, 0.1) is 6.92 Å². The molecule has 0 amide bonds. The molecule has 0 aliphatic heterocycles. The fourth-order valence-electron chi connectivity index (χ4n) is 2.73. The fraction of sp³-hybridized carbons (Fsp3) is 0.200. The van der Waals surface area contributed by atoms with Crippen LogP contribution in [0.3, 0.4) is 0 Å². The third kappa shape index (κ3) is 4.06. The minimum absolute atomic E-state index is 0.481. The lowest BCUT2D eigenvalue weighted by molar-refractivity contribution is 0.417. The number of hydrogen-bond acceptors (Lipinski definition) is 5. The highest BCUT2D eigenvalue weighted by Gasteiger charge is 2.11. The normalized spacial score (nSPS) is 10.5. The van der Waals surface area contributed by atoms with Gasteiger partial charge in [0.2, 0.25) is 5.95 Å². The molecule has 0 saturated heterocycles. The van der Waals surface area contributed by atoms with Gasteiger partial charge >= 0.3 is 0 Å². The van der Waals surface area contributed by atoms with E-state index in [0.29, 0.717) is 16.7 Å². The van der Waals surface area contributed by atoms with Crippen LogP contribution in [0.5, 0.6) is 5.75 Å². The minimum Gasteiger partial charge on any atom is -0.495 e. The molecule has 5 nitrogen and oxygen atoms in total. The Hall–Kier alpha value is -2.79. The molecule has 0 atom stereocenters. The molecule has 1 heterocycles. The lowest BCUT2D eigenvalue weighted by Crippen LogP contribution is -2.18. The molecule has 1 aromatic heterocycles. The summed E-state index contributed by atoms with van der Waals surface area (Å²) in [7, 11) is 1.61. The van der Waals surface area contributed by atoms with Crippen molar-refractivity contribution in [1.82, 2.24) is 9.97 Å². The fourth-order valence-corrected chi connectivity index (χ4v) is 2.90. The summed E-state index contributed by atoms with van der Waals surface area (Å²) in [6.45, 7) is 4.97. The van der Waals surface area contributed by atoms with E-state index >= 15 is 0 Å². The Morgan fingerprint density at radius 2 is 2.00 bits per heavy atom. The predicted molar refractivity (Wildman–Crippen MR) is 107 cm³/mol. The molecule has 2 aromatic carbocycles. The van der Waals surface area contributed by atoms with Gasteiger partial charge in [0.25, 0.3) is 0 Å². The summed E-state index contributed by atoms with van der Waals surface area (Å²) < 4.78 is 5.37. The molecule has 26 heavy (non-hydrogen) atoms. The van der Waals surface area contributed by atoms with Crippen LogP contribution in [-0.4, -0.2) is 23.6 Å². The summed E-state index contributed by atoms with van der Waals surface area (Å²) in [4.78, 5) is 11.1. The molecule has 6 heteroatoms. The van der Waals surface area contributed by atoms with Crippen LogP contribution in [0.15, 0.2) is 54.7 Å². The molecular weight excluding hydrogens is 348 g/mol. The van der Waals surface area contributed by atoms with E-state index in [-0.39, 0.29) is 0 Å². The van der Waals surface area contributed by atoms with E-state index in [1.54, 1.807) is 31.5 Å². The Kier molecular flexibility index (Phi) is 5.58. The molecule has 3 aromatic rings. The molecular formula is C20H21ClN4O. The van der Waals surface area contributed by atoms with Crippen molar-refractivity contribution in [2.45, 2.75) is 13.8 Å². The highest BCUT2D eigenvalue weighted by atomic mass is 35.5. The standard InChI is InChI=1S/C20H21ClN4O/c1-4-25(16-7-5-6-14(2)12-16)19-10-11-22-20(24-19)23-17-13-15(21)8-9-18(17)26-3/h5-13H,4H2,1-3H3,(H,22,23,24). The molecule has 0 saturated carbocycles. The Bertz CT molecular complexity index is 900. The van der Waals surface area contributed by atoms with Gasteiger partial charge in [-0.15, -0.1) is 0 Å². The van der Waals surface area contributed by atoms with Crippen molar-refractivity contribution in [2.75, 3.05) is 23.9 Å². The monoisotopic (exact) mass is 368 g/mol. The quantitative estimate of drug-likeness (QED) is 0.635. The van der Waals surface area contributed by atoms with Gasteiger partial charge in [-0.2, -0.15) is 4.98 Å². The van der Waals surface area contributed by atoms with Crippen LogP contribution in [-0.2, 0) is 0 Å². The van der Waals surface area contributed by atoms with Crippen LogP contribution in [0.4, 0.5) is 23.1 Å². The molecule has 0 fully saturated rings. The largest absolute Gasteiger partial charge is 0.495 e. The van der Waals surface area contributed by atoms with Gasteiger partial charge in [-0.25, -0.2) is 4.98 Å². The minimum atomic E-state index is 0.481. The maximum atomic E-state index is 6.09. The van der Waals surface area contributed by atoms with Gasteiger partial charge < -0.3 is 15.0 Å². The topological polar surface area (TPSA) is 50.3 Å². The van der Waals surface area contributed by atoms with Gasteiger partial charge in [-0.3, -0.25) is 0 Å². The van der Waals surface area contributed by atoms with Gasteiger partial charge in [0, 0.05) is 23.5 Å². The lowest BCUT2D eigenvalue weighted by atomic mass is 10.2. The van der Waals surface area contributed by atoms with Gasteiger partial charge in [-0.1, -0.05) is 23.7 Å². The summed E-state index contributed by atoms with van der Waals surface area (Å²) in [5.74, 6) is 1.97. The number of nitrogens with zero attached hydrogens (tertiary/aromatic N) is 3. The third-order valence-corrected chi connectivity index (χ3v) is 4.19. The second-order valence-corrected chi connectivity index (χ2v) is 6.23. The number of rotatable bonds is 6. The van der Waals surface area contributed by atoms with Crippen LogP contribution >= 0.6 is 11.6 Å². The Labute approximate surface area is 158 Å². The van der Waals surface area contributed by atoms with Crippen molar-refractivity contribution in [3.63, 3.8) is 0 Å². The number of ether oxygens (including phenoxy) is 1. The molecule has 0 bridgehead atoms. The number of benzene rings is 2. The maximum absolute atomic E-state index is 6.09. The number of halogens is 1. The number of nitrogens with one attached hydrogen (secondary N) is 1. The van der Waals surface area contributed by atoms with Crippen molar-refractivity contribution in [2.24, 2.45) is 0 Å². The molecule has 134 valence electrons. The van der Waals surface area contributed by atoms with Crippen molar-refractivity contribution in [1.29, 1.82) is 0 Å². The molecule has 3 rings (SSSR count). The smallest absolute Gasteiger partial charge is 0.229 e. The highest BCUT2D eigenvalue weighted by molar-refractivity contribution is 6.31. The summed E-state index contributed by atoms with van der Waals surface area (Å²) in [6, 6.07) is 15.6. The van der Waals surface area contributed by atoms with Crippen LogP contribution in [0.25, 0.3) is 0 Å². The van der Waals surface area contributed by atoms with E-state index in [0.717, 1.165) is 23.7 Å². The molecule has 0 unspecified atom stereocenters. The van der Waals surface area contributed by atoms with Crippen LogP contribution in [0.2, 0.25) is 5.02 Å². The van der Waals surface area contributed by atoms with Gasteiger partial charge in [0.1, 0.15) is 11.6 Å². The Balaban J connectivity index is 1.92. The van der Waals surface area contributed by atoms with E-state index < -0.39 is 0 Å². The molecule has 1 N–H and O–H groups in total. The zero-order chi connectivity index (χ0) is 18.5. The summed E-state index contributed by atoms with van der Waals surface area (Å²) in [5, 5.41) is 3.80. The van der Waals surface area contributed by atoms with E-state index in [1.807, 2.05) is 12.1 Å². The van der Waals surface area contributed by atoms with Crippen LogP contribution in [0.1, 0.15) is 12.5 Å². The molecule has 0 spiro atoms. The SMILES string of the molecule is CCN(c1cccc(C)c1)c1ccnc(Nc2cc(Cl)ccc2OC)n1. The number of anilines is 4. The number of methoxy groups -OCH3 is 1. The molecule has 0 radical (unpaired) electrons. The summed E-state index contributed by atoms with van der Waals surface area (Å²) in [6.07, 6.45) is 1.74. The Morgan fingerprint density at radius 3 is 2.73 bits per heavy atom. The number of aromatic nitrogens is 2. The summed E-state index contributed by atoms with van der Waals surface area (Å²) in [5.41, 5.74) is 3.02.